The van der Waals surface area contributed by atoms with Crippen molar-refractivity contribution in [2.75, 3.05) is 14.2 Å². The lowest BCUT2D eigenvalue weighted by Crippen LogP contribution is -2.37. The lowest BCUT2D eigenvalue weighted by Gasteiger charge is -2.46. The minimum Gasteiger partial charge on any atom is -0.493 e. The number of rotatable bonds is 3. The van der Waals surface area contributed by atoms with E-state index in [0.717, 1.165) is 17.4 Å². The fourth-order valence-electron chi connectivity index (χ4n) is 4.42. The van der Waals surface area contributed by atoms with Crippen molar-refractivity contribution < 1.29 is 9.47 Å². The molecule has 0 heterocycles. The molecule has 2 unspecified atom stereocenters. The Hall–Kier alpha value is -1.18. The van der Waals surface area contributed by atoms with Crippen LogP contribution in [-0.4, -0.2) is 14.2 Å². The molecule has 0 aromatic heterocycles. The van der Waals surface area contributed by atoms with Crippen molar-refractivity contribution in [1.29, 1.82) is 0 Å². The van der Waals surface area contributed by atoms with E-state index >= 15 is 0 Å². The highest BCUT2D eigenvalue weighted by Gasteiger charge is 2.40. The molecule has 0 spiro atoms. The lowest BCUT2D eigenvalue weighted by molar-refractivity contribution is 0.114. The molecule has 0 amide bonds. The van der Waals surface area contributed by atoms with Crippen LogP contribution < -0.4 is 9.47 Å². The second kappa shape index (κ2) is 5.31. The van der Waals surface area contributed by atoms with Crippen LogP contribution in [0.2, 0.25) is 0 Å². The molecule has 2 atom stereocenters. The first-order chi connectivity index (χ1) is 9.29. The Labute approximate surface area is 123 Å². The van der Waals surface area contributed by atoms with Gasteiger partial charge in [0.05, 0.1) is 14.2 Å². The molecule has 2 rings (SSSR count). The van der Waals surface area contributed by atoms with E-state index in [1.807, 2.05) is 6.07 Å². The van der Waals surface area contributed by atoms with Crippen LogP contribution in [0.25, 0.3) is 0 Å². The molecule has 0 N–H and O–H groups in total. The Morgan fingerprint density at radius 3 is 2.20 bits per heavy atom. The molecule has 0 saturated heterocycles. The molecular weight excluding hydrogens is 248 g/mol. The number of ether oxygens (including phenoxy) is 2. The van der Waals surface area contributed by atoms with Gasteiger partial charge in [0.2, 0.25) is 0 Å². The zero-order valence-corrected chi connectivity index (χ0v) is 13.7. The number of hydrogen-bond donors (Lipinski definition) is 0. The average molecular weight is 276 g/mol. The van der Waals surface area contributed by atoms with Crippen molar-refractivity contribution >= 4 is 0 Å². The van der Waals surface area contributed by atoms with Crippen LogP contribution in [0.1, 0.15) is 52.5 Å². The highest BCUT2D eigenvalue weighted by atomic mass is 16.5. The first-order valence-corrected chi connectivity index (χ1v) is 7.52. The van der Waals surface area contributed by atoms with Crippen LogP contribution >= 0.6 is 0 Å². The Morgan fingerprint density at radius 2 is 1.65 bits per heavy atom. The fraction of sp³-hybridized carbons (Fsp3) is 0.667. The summed E-state index contributed by atoms with van der Waals surface area (Å²) in [5.74, 6) is 2.40. The van der Waals surface area contributed by atoms with Crippen LogP contribution in [0.15, 0.2) is 18.2 Å². The second-order valence-corrected chi connectivity index (χ2v) is 7.48. The highest BCUT2D eigenvalue weighted by molar-refractivity contribution is 5.45. The van der Waals surface area contributed by atoms with Crippen molar-refractivity contribution in [3.05, 3.63) is 23.8 Å². The minimum absolute atomic E-state index is 0.223. The number of hydrogen-bond acceptors (Lipinski definition) is 2. The van der Waals surface area contributed by atoms with E-state index in [0.29, 0.717) is 5.41 Å². The zero-order valence-electron chi connectivity index (χ0n) is 13.7. The van der Waals surface area contributed by atoms with Crippen LogP contribution in [0.5, 0.6) is 11.5 Å². The minimum atomic E-state index is 0.223. The van der Waals surface area contributed by atoms with Gasteiger partial charge in [0.25, 0.3) is 0 Å². The van der Waals surface area contributed by atoms with Crippen molar-refractivity contribution in [3.8, 4) is 11.5 Å². The highest BCUT2D eigenvalue weighted by Crippen LogP contribution is 2.50. The summed E-state index contributed by atoms with van der Waals surface area (Å²) in [5, 5.41) is 0. The normalized spacial score (nSPS) is 29.0. The smallest absolute Gasteiger partial charge is 0.161 e. The maximum absolute atomic E-state index is 5.47. The Balaban J connectivity index is 2.38. The standard InChI is InChI=1S/C18H28O2/c1-13-10-17(2,3)12-18(4,11-13)14-7-8-15(19-5)16(9-14)20-6/h7-9,13H,10-12H2,1-6H3. The topological polar surface area (TPSA) is 18.5 Å². The van der Waals surface area contributed by atoms with Gasteiger partial charge in [-0.3, -0.25) is 0 Å². The van der Waals surface area contributed by atoms with Crippen LogP contribution in [0, 0.1) is 11.3 Å². The summed E-state index contributed by atoms with van der Waals surface area (Å²) in [6.45, 7) is 9.55. The molecule has 1 aliphatic carbocycles. The van der Waals surface area contributed by atoms with Gasteiger partial charge in [-0.2, -0.15) is 0 Å². The SMILES string of the molecule is COc1ccc(C2(C)CC(C)CC(C)(C)C2)cc1OC. The van der Waals surface area contributed by atoms with Gasteiger partial charge in [-0.25, -0.2) is 0 Å². The first kappa shape index (κ1) is 15.2. The first-order valence-electron chi connectivity index (χ1n) is 7.52. The summed E-state index contributed by atoms with van der Waals surface area (Å²) in [7, 11) is 3.39. The molecule has 1 aliphatic rings. The summed E-state index contributed by atoms with van der Waals surface area (Å²) in [6, 6.07) is 6.40. The molecule has 0 radical (unpaired) electrons. The van der Waals surface area contributed by atoms with Gasteiger partial charge < -0.3 is 9.47 Å². The third-order valence-electron chi connectivity index (χ3n) is 4.65. The van der Waals surface area contributed by atoms with Gasteiger partial charge >= 0.3 is 0 Å². The number of methoxy groups -OCH3 is 2. The summed E-state index contributed by atoms with van der Waals surface area (Å²) >= 11 is 0. The van der Waals surface area contributed by atoms with Gasteiger partial charge in [-0.05, 0) is 53.7 Å². The third kappa shape index (κ3) is 2.94. The van der Waals surface area contributed by atoms with Gasteiger partial charge in [0.1, 0.15) is 0 Å². The molecule has 2 nitrogen and oxygen atoms in total. The Morgan fingerprint density at radius 1 is 1.00 bits per heavy atom. The van der Waals surface area contributed by atoms with E-state index in [1.54, 1.807) is 14.2 Å². The van der Waals surface area contributed by atoms with Crippen LogP contribution in [0.3, 0.4) is 0 Å². The predicted octanol–water partition coefficient (Wildman–Crippen LogP) is 4.81. The van der Waals surface area contributed by atoms with Crippen molar-refractivity contribution in [2.24, 2.45) is 11.3 Å². The summed E-state index contributed by atoms with van der Waals surface area (Å²) in [6.07, 6.45) is 3.78. The van der Waals surface area contributed by atoms with Gasteiger partial charge in [0, 0.05) is 0 Å². The van der Waals surface area contributed by atoms with Gasteiger partial charge in [-0.1, -0.05) is 33.8 Å². The van der Waals surface area contributed by atoms with Gasteiger partial charge in [-0.15, -0.1) is 0 Å². The van der Waals surface area contributed by atoms with Crippen molar-refractivity contribution in [1.82, 2.24) is 0 Å². The quantitative estimate of drug-likeness (QED) is 0.789. The molecular formula is C18H28O2. The van der Waals surface area contributed by atoms with E-state index in [-0.39, 0.29) is 5.41 Å². The molecule has 1 fully saturated rings. The largest absolute Gasteiger partial charge is 0.493 e. The van der Waals surface area contributed by atoms with E-state index in [2.05, 4.69) is 39.8 Å². The molecule has 0 bridgehead atoms. The molecule has 20 heavy (non-hydrogen) atoms. The zero-order chi connectivity index (χ0) is 15.0. The Kier molecular flexibility index (Phi) is 4.04. The second-order valence-electron chi connectivity index (χ2n) is 7.48. The monoisotopic (exact) mass is 276 g/mol. The van der Waals surface area contributed by atoms with E-state index in [9.17, 15) is 0 Å². The van der Waals surface area contributed by atoms with Crippen LogP contribution in [-0.2, 0) is 5.41 Å². The molecule has 1 aromatic rings. The van der Waals surface area contributed by atoms with E-state index in [1.165, 1.54) is 24.8 Å². The summed E-state index contributed by atoms with van der Waals surface area (Å²) < 4.78 is 10.8. The Bertz CT molecular complexity index is 478. The molecule has 1 aromatic carbocycles. The molecule has 0 aliphatic heterocycles. The van der Waals surface area contributed by atoms with Crippen LogP contribution in [0.4, 0.5) is 0 Å². The molecule has 2 heteroatoms. The lowest BCUT2D eigenvalue weighted by atomic mass is 9.59. The maximum atomic E-state index is 5.47. The van der Waals surface area contributed by atoms with Crippen molar-refractivity contribution in [3.63, 3.8) is 0 Å². The third-order valence-corrected chi connectivity index (χ3v) is 4.65. The fourth-order valence-corrected chi connectivity index (χ4v) is 4.42. The summed E-state index contributed by atoms with van der Waals surface area (Å²) in [5.41, 5.74) is 2.00. The number of benzene rings is 1. The predicted molar refractivity (Wildman–Crippen MR) is 83.7 cm³/mol. The summed E-state index contributed by atoms with van der Waals surface area (Å²) in [4.78, 5) is 0. The molecule has 112 valence electrons. The van der Waals surface area contributed by atoms with E-state index in [4.69, 9.17) is 9.47 Å². The van der Waals surface area contributed by atoms with Gasteiger partial charge in [0.15, 0.2) is 11.5 Å². The molecule has 1 saturated carbocycles. The van der Waals surface area contributed by atoms with E-state index < -0.39 is 0 Å². The maximum Gasteiger partial charge on any atom is 0.161 e. The van der Waals surface area contributed by atoms with Crippen molar-refractivity contribution in [2.45, 2.75) is 52.4 Å². The average Bonchev–Trinajstić information content (AvgIpc) is 2.34.